The summed E-state index contributed by atoms with van der Waals surface area (Å²) in [7, 11) is -3.64. The number of hydrogen-bond acceptors (Lipinski definition) is 4. The summed E-state index contributed by atoms with van der Waals surface area (Å²) in [5, 5.41) is 2.64. The number of nitrogens with one attached hydrogen (secondary N) is 2. The van der Waals surface area contributed by atoms with Gasteiger partial charge in [-0.05, 0) is 41.8 Å². The predicted molar refractivity (Wildman–Crippen MR) is 103 cm³/mol. The number of rotatable bonds is 8. The summed E-state index contributed by atoms with van der Waals surface area (Å²) < 4.78 is 43.8. The molecule has 2 aromatic rings. The molecule has 0 heterocycles. The lowest BCUT2D eigenvalue weighted by Gasteiger charge is -2.11. The Kier molecular flexibility index (Phi) is 6.79. The van der Waals surface area contributed by atoms with Gasteiger partial charge in [-0.1, -0.05) is 26.0 Å². The number of carbonyl (C=O) groups excluding carboxylic acids is 1. The van der Waals surface area contributed by atoms with Crippen LogP contribution in [0.1, 0.15) is 35.7 Å². The minimum absolute atomic E-state index is 0.142. The predicted octanol–water partition coefficient (Wildman–Crippen LogP) is 3.13. The molecule has 0 bridgehead atoms. The molecule has 0 atom stereocenters. The second-order valence-corrected chi connectivity index (χ2v) is 8.15. The van der Waals surface area contributed by atoms with Crippen LogP contribution >= 0.6 is 0 Å². The van der Waals surface area contributed by atoms with Crippen LogP contribution in [0.5, 0.6) is 5.75 Å². The molecule has 0 radical (unpaired) electrons. The molecule has 0 unspecified atom stereocenters. The number of hydrogen-bond donors (Lipinski definition) is 2. The second-order valence-electron chi connectivity index (χ2n) is 6.40. The third-order valence-corrected chi connectivity index (χ3v) is 4.32. The number of carbonyl (C=O) groups is 1. The molecule has 0 aromatic heterocycles. The second kappa shape index (κ2) is 8.85. The van der Waals surface area contributed by atoms with Gasteiger partial charge in [-0.3, -0.25) is 9.52 Å². The molecule has 2 rings (SSSR count). The third-order valence-electron chi connectivity index (χ3n) is 3.73. The molecule has 0 spiro atoms. The Hall–Kier alpha value is -2.61. The fraction of sp³-hybridized carbons (Fsp3) is 0.316. The van der Waals surface area contributed by atoms with Crippen molar-refractivity contribution in [2.45, 2.75) is 19.8 Å². The van der Waals surface area contributed by atoms with Crippen LogP contribution in [0.25, 0.3) is 0 Å². The number of sulfonamides is 1. The summed E-state index contributed by atoms with van der Waals surface area (Å²) in [5.74, 6) is -0.0679. The minimum atomic E-state index is -3.64. The minimum Gasteiger partial charge on any atom is -0.492 e. The van der Waals surface area contributed by atoms with Crippen LogP contribution in [0.3, 0.4) is 0 Å². The Bertz CT molecular complexity index is 896. The van der Waals surface area contributed by atoms with Crippen molar-refractivity contribution in [3.8, 4) is 5.75 Å². The Morgan fingerprint density at radius 1 is 1.15 bits per heavy atom. The van der Waals surface area contributed by atoms with Crippen LogP contribution in [0.4, 0.5) is 10.1 Å². The third kappa shape index (κ3) is 6.56. The van der Waals surface area contributed by atoms with Crippen molar-refractivity contribution in [2.24, 2.45) is 0 Å². The zero-order valence-corrected chi connectivity index (χ0v) is 16.3. The molecule has 8 heteroatoms. The molecule has 0 saturated heterocycles. The average molecular weight is 394 g/mol. The quantitative estimate of drug-likeness (QED) is 0.674. The highest BCUT2D eigenvalue weighted by atomic mass is 32.2. The van der Waals surface area contributed by atoms with Crippen LogP contribution in [0, 0.1) is 5.82 Å². The molecule has 0 aliphatic carbocycles. The highest BCUT2D eigenvalue weighted by molar-refractivity contribution is 7.92. The molecule has 27 heavy (non-hydrogen) atoms. The number of benzene rings is 2. The first-order valence-electron chi connectivity index (χ1n) is 8.44. The monoisotopic (exact) mass is 394 g/mol. The fourth-order valence-electron chi connectivity index (χ4n) is 2.33. The molecular formula is C19H23FN2O4S. The van der Waals surface area contributed by atoms with Crippen LogP contribution in [-0.4, -0.2) is 33.7 Å². The van der Waals surface area contributed by atoms with Gasteiger partial charge < -0.3 is 10.1 Å². The first-order chi connectivity index (χ1) is 12.7. The first kappa shape index (κ1) is 20.7. The van der Waals surface area contributed by atoms with Gasteiger partial charge in [-0.25, -0.2) is 12.8 Å². The van der Waals surface area contributed by atoms with E-state index in [1.807, 2.05) is 29.0 Å². The van der Waals surface area contributed by atoms with Gasteiger partial charge in [0.05, 0.1) is 18.5 Å². The largest absolute Gasteiger partial charge is 0.492 e. The first-order valence-corrected chi connectivity index (χ1v) is 10.3. The van der Waals surface area contributed by atoms with E-state index in [0.717, 1.165) is 18.4 Å². The summed E-state index contributed by atoms with van der Waals surface area (Å²) in [6.45, 7) is 4.73. The number of amides is 1. The van der Waals surface area contributed by atoms with Crippen molar-refractivity contribution in [1.29, 1.82) is 0 Å². The zero-order chi connectivity index (χ0) is 20.0. The van der Waals surface area contributed by atoms with Crippen LogP contribution in [0.15, 0.2) is 42.5 Å². The van der Waals surface area contributed by atoms with Crippen molar-refractivity contribution in [2.75, 3.05) is 24.1 Å². The van der Waals surface area contributed by atoms with Crippen molar-refractivity contribution in [3.05, 3.63) is 59.4 Å². The van der Waals surface area contributed by atoms with E-state index in [1.165, 1.54) is 11.6 Å². The molecule has 146 valence electrons. The Morgan fingerprint density at radius 3 is 2.41 bits per heavy atom. The van der Waals surface area contributed by atoms with Gasteiger partial charge in [-0.2, -0.15) is 0 Å². The number of halogens is 1. The van der Waals surface area contributed by atoms with Gasteiger partial charge in [0.2, 0.25) is 10.0 Å². The Morgan fingerprint density at radius 2 is 1.81 bits per heavy atom. The molecule has 0 aliphatic rings. The van der Waals surface area contributed by atoms with Crippen LogP contribution in [0.2, 0.25) is 0 Å². The molecule has 0 fully saturated rings. The van der Waals surface area contributed by atoms with E-state index in [4.69, 9.17) is 4.74 Å². The normalized spacial score (nSPS) is 11.3. The average Bonchev–Trinajstić information content (AvgIpc) is 2.59. The Balaban J connectivity index is 1.87. The fourth-order valence-corrected chi connectivity index (χ4v) is 2.88. The SMILES string of the molecule is CC(C)c1ccc(OCCNC(=O)c2ccc(F)c(NS(C)(=O)=O)c2)cc1. The van der Waals surface area contributed by atoms with Crippen molar-refractivity contribution in [3.63, 3.8) is 0 Å². The summed E-state index contributed by atoms with van der Waals surface area (Å²) >= 11 is 0. The lowest BCUT2D eigenvalue weighted by atomic mass is 10.0. The van der Waals surface area contributed by atoms with E-state index in [-0.39, 0.29) is 24.4 Å². The lowest BCUT2D eigenvalue weighted by Crippen LogP contribution is -2.28. The summed E-state index contributed by atoms with van der Waals surface area (Å²) in [4.78, 5) is 12.1. The van der Waals surface area contributed by atoms with Gasteiger partial charge in [-0.15, -0.1) is 0 Å². The smallest absolute Gasteiger partial charge is 0.251 e. The van der Waals surface area contributed by atoms with E-state index < -0.39 is 21.7 Å². The van der Waals surface area contributed by atoms with E-state index >= 15 is 0 Å². The summed E-state index contributed by atoms with van der Waals surface area (Å²) in [6, 6.07) is 11.2. The molecule has 2 N–H and O–H groups in total. The Labute approximate surface area is 158 Å². The number of ether oxygens (including phenoxy) is 1. The maximum Gasteiger partial charge on any atom is 0.251 e. The molecule has 0 aliphatic heterocycles. The van der Waals surface area contributed by atoms with Gasteiger partial charge in [0.15, 0.2) is 0 Å². The molecule has 1 amide bonds. The standard InChI is InChI=1S/C19H23FN2O4S/c1-13(2)14-4-7-16(8-5-14)26-11-10-21-19(23)15-6-9-17(20)18(12-15)22-27(3,24)25/h4-9,12-13,22H,10-11H2,1-3H3,(H,21,23). The maximum atomic E-state index is 13.7. The molecule has 2 aromatic carbocycles. The highest BCUT2D eigenvalue weighted by Gasteiger charge is 2.12. The van der Waals surface area contributed by atoms with Gasteiger partial charge in [0, 0.05) is 5.56 Å². The van der Waals surface area contributed by atoms with Crippen molar-refractivity contribution >= 4 is 21.6 Å². The zero-order valence-electron chi connectivity index (χ0n) is 15.5. The maximum absolute atomic E-state index is 13.7. The van der Waals surface area contributed by atoms with Gasteiger partial charge in [0.1, 0.15) is 18.2 Å². The van der Waals surface area contributed by atoms with E-state index in [2.05, 4.69) is 19.2 Å². The summed E-state index contributed by atoms with van der Waals surface area (Å²) in [6.07, 6.45) is 0.907. The van der Waals surface area contributed by atoms with E-state index in [9.17, 15) is 17.6 Å². The number of anilines is 1. The van der Waals surface area contributed by atoms with Crippen LogP contribution < -0.4 is 14.8 Å². The highest BCUT2D eigenvalue weighted by Crippen LogP contribution is 2.19. The molecule has 0 saturated carbocycles. The van der Waals surface area contributed by atoms with Gasteiger partial charge >= 0.3 is 0 Å². The molecule has 6 nitrogen and oxygen atoms in total. The van der Waals surface area contributed by atoms with E-state index in [0.29, 0.717) is 11.7 Å². The topological polar surface area (TPSA) is 84.5 Å². The van der Waals surface area contributed by atoms with Crippen LogP contribution in [-0.2, 0) is 10.0 Å². The molecular weight excluding hydrogens is 371 g/mol. The van der Waals surface area contributed by atoms with Crippen molar-refractivity contribution < 1.29 is 22.3 Å². The van der Waals surface area contributed by atoms with E-state index in [1.54, 1.807) is 0 Å². The lowest BCUT2D eigenvalue weighted by molar-refractivity contribution is 0.0947. The summed E-state index contributed by atoms with van der Waals surface area (Å²) in [5.41, 5.74) is 1.08. The van der Waals surface area contributed by atoms with Crippen molar-refractivity contribution in [1.82, 2.24) is 5.32 Å². The van der Waals surface area contributed by atoms with Gasteiger partial charge in [0.25, 0.3) is 5.91 Å².